The van der Waals surface area contributed by atoms with E-state index in [2.05, 4.69) is 0 Å². The summed E-state index contributed by atoms with van der Waals surface area (Å²) in [6.07, 6.45) is 1.64. The fraction of sp³-hybridized carbons (Fsp3) is 0.273. The van der Waals surface area contributed by atoms with E-state index in [0.717, 1.165) is 17.8 Å². The van der Waals surface area contributed by atoms with E-state index in [-0.39, 0.29) is 11.3 Å². The minimum atomic E-state index is -1.68. The van der Waals surface area contributed by atoms with Crippen molar-refractivity contribution < 1.29 is 24.0 Å². The molecule has 0 aliphatic carbocycles. The summed E-state index contributed by atoms with van der Waals surface area (Å²) in [6.45, 7) is -1.27. The molecule has 1 aromatic rings. The molecule has 1 rings (SSSR count). The van der Waals surface area contributed by atoms with Gasteiger partial charge in [0.1, 0.15) is 6.67 Å². The number of hydrogen-bond donors (Lipinski definition) is 2. The molecule has 0 aliphatic heterocycles. The molecule has 0 spiro atoms. The third-order valence-corrected chi connectivity index (χ3v) is 3.18. The van der Waals surface area contributed by atoms with Crippen molar-refractivity contribution >= 4 is 29.3 Å². The minimum absolute atomic E-state index is 0.103. The van der Waals surface area contributed by atoms with Gasteiger partial charge in [-0.15, -0.1) is 11.8 Å². The Balaban J connectivity index is 3.02. The Morgan fingerprint density at radius 3 is 2.65 bits per heavy atom. The molecular weight excluding hydrogens is 291 g/mol. The lowest BCUT2D eigenvalue weighted by Crippen LogP contribution is -2.42. The van der Waals surface area contributed by atoms with E-state index in [0.29, 0.717) is 4.90 Å². The van der Waals surface area contributed by atoms with Gasteiger partial charge in [0.2, 0.25) is 0 Å². The van der Waals surface area contributed by atoms with Crippen molar-refractivity contribution in [2.45, 2.75) is 10.9 Å². The zero-order chi connectivity index (χ0) is 15.3. The van der Waals surface area contributed by atoms with Crippen molar-refractivity contribution in [3.05, 3.63) is 33.9 Å². The quantitative estimate of drug-likeness (QED) is 0.468. The number of carboxylic acid groups (broad SMARTS) is 1. The Labute approximate surface area is 117 Å². The SMILES string of the molecule is CSc1ccc(C(=O)NC(CF)C(=O)O)cc1[N+](=O)[O-]. The first-order valence-electron chi connectivity index (χ1n) is 5.32. The number of nitro groups is 1. The second-order valence-electron chi connectivity index (χ2n) is 3.66. The predicted octanol–water partition coefficient (Wildman–Crippen LogP) is 1.47. The molecule has 20 heavy (non-hydrogen) atoms. The fourth-order valence-corrected chi connectivity index (χ4v) is 1.93. The maximum atomic E-state index is 12.4. The average molecular weight is 302 g/mol. The summed E-state index contributed by atoms with van der Waals surface area (Å²) >= 11 is 1.14. The smallest absolute Gasteiger partial charge is 0.328 e. The van der Waals surface area contributed by atoms with Gasteiger partial charge < -0.3 is 10.4 Å². The van der Waals surface area contributed by atoms with Crippen molar-refractivity contribution in [1.82, 2.24) is 5.32 Å². The normalized spacial score (nSPS) is 11.7. The van der Waals surface area contributed by atoms with Crippen LogP contribution in [0.2, 0.25) is 0 Å². The number of thioether (sulfide) groups is 1. The number of amides is 1. The van der Waals surface area contributed by atoms with E-state index in [1.807, 2.05) is 5.32 Å². The number of nitrogens with zero attached hydrogens (tertiary/aromatic N) is 1. The number of aliphatic carboxylic acids is 1. The third-order valence-electron chi connectivity index (χ3n) is 2.40. The number of benzene rings is 1. The van der Waals surface area contributed by atoms with Crippen molar-refractivity contribution in [2.75, 3.05) is 12.9 Å². The van der Waals surface area contributed by atoms with Crippen LogP contribution in [0, 0.1) is 10.1 Å². The molecule has 1 unspecified atom stereocenters. The molecule has 1 aromatic carbocycles. The average Bonchev–Trinajstić information content (AvgIpc) is 2.43. The number of hydrogen-bond acceptors (Lipinski definition) is 5. The molecule has 0 aromatic heterocycles. The van der Waals surface area contributed by atoms with Gasteiger partial charge in [-0.2, -0.15) is 0 Å². The number of carbonyl (C=O) groups excluding carboxylic acids is 1. The van der Waals surface area contributed by atoms with Crippen LogP contribution in [-0.4, -0.2) is 40.9 Å². The Kier molecular flexibility index (Phi) is 5.44. The summed E-state index contributed by atoms with van der Waals surface area (Å²) in [7, 11) is 0. The van der Waals surface area contributed by atoms with Crippen molar-refractivity contribution in [3.8, 4) is 0 Å². The second kappa shape index (κ2) is 6.85. The number of halogens is 1. The molecule has 108 valence electrons. The number of rotatable bonds is 6. The molecule has 0 fully saturated rings. The van der Waals surface area contributed by atoms with Crippen LogP contribution >= 0.6 is 11.8 Å². The highest BCUT2D eigenvalue weighted by molar-refractivity contribution is 7.98. The maximum Gasteiger partial charge on any atom is 0.328 e. The Bertz CT molecular complexity index is 552. The van der Waals surface area contributed by atoms with E-state index in [9.17, 15) is 24.1 Å². The number of nitro benzene ring substituents is 1. The number of carboxylic acids is 1. The monoisotopic (exact) mass is 302 g/mol. The largest absolute Gasteiger partial charge is 0.480 e. The highest BCUT2D eigenvalue weighted by atomic mass is 32.2. The second-order valence-corrected chi connectivity index (χ2v) is 4.51. The standard InChI is InChI=1S/C11H11FN2O5S/c1-20-9-3-2-6(4-8(9)14(18)19)10(15)13-7(5-12)11(16)17/h2-4,7H,5H2,1H3,(H,13,15)(H,16,17). The molecule has 0 saturated carbocycles. The first kappa shape index (κ1) is 15.9. The maximum absolute atomic E-state index is 12.4. The van der Waals surface area contributed by atoms with Gasteiger partial charge in [0.25, 0.3) is 11.6 Å². The summed E-state index contributed by atoms with van der Waals surface area (Å²) in [4.78, 5) is 32.9. The zero-order valence-electron chi connectivity index (χ0n) is 10.3. The van der Waals surface area contributed by atoms with Gasteiger partial charge >= 0.3 is 5.97 Å². The van der Waals surface area contributed by atoms with Crippen molar-refractivity contribution in [3.63, 3.8) is 0 Å². The molecule has 0 aliphatic rings. The molecule has 0 bridgehead atoms. The van der Waals surface area contributed by atoms with Gasteiger partial charge in [-0.05, 0) is 18.4 Å². The van der Waals surface area contributed by atoms with Crippen LogP contribution < -0.4 is 5.32 Å². The summed E-state index contributed by atoms with van der Waals surface area (Å²) < 4.78 is 12.4. The Morgan fingerprint density at radius 1 is 1.55 bits per heavy atom. The Hall–Kier alpha value is -2.16. The lowest BCUT2D eigenvalue weighted by atomic mass is 10.1. The summed E-state index contributed by atoms with van der Waals surface area (Å²) in [6, 6.07) is 2.04. The van der Waals surface area contributed by atoms with Gasteiger partial charge in [0.05, 0.1) is 9.82 Å². The van der Waals surface area contributed by atoms with Crippen LogP contribution in [0.25, 0.3) is 0 Å². The van der Waals surface area contributed by atoms with Crippen LogP contribution in [0.1, 0.15) is 10.4 Å². The van der Waals surface area contributed by atoms with Crippen molar-refractivity contribution in [1.29, 1.82) is 0 Å². The van der Waals surface area contributed by atoms with Gasteiger partial charge in [-0.3, -0.25) is 14.9 Å². The van der Waals surface area contributed by atoms with Gasteiger partial charge in [-0.25, -0.2) is 9.18 Å². The molecule has 2 N–H and O–H groups in total. The van der Waals surface area contributed by atoms with E-state index < -0.39 is 29.5 Å². The first-order chi connectivity index (χ1) is 9.40. The number of carbonyl (C=O) groups is 2. The summed E-state index contributed by atoms with van der Waals surface area (Å²) in [5.74, 6) is -2.40. The lowest BCUT2D eigenvalue weighted by Gasteiger charge is -2.11. The molecule has 0 radical (unpaired) electrons. The van der Waals surface area contributed by atoms with Crippen LogP contribution in [0.5, 0.6) is 0 Å². The molecule has 7 nitrogen and oxygen atoms in total. The molecule has 0 saturated heterocycles. The van der Waals surface area contributed by atoms with Crippen LogP contribution in [0.15, 0.2) is 23.1 Å². The predicted molar refractivity (Wildman–Crippen MR) is 69.7 cm³/mol. The van der Waals surface area contributed by atoms with Crippen LogP contribution in [0.4, 0.5) is 10.1 Å². The van der Waals surface area contributed by atoms with E-state index in [1.165, 1.54) is 12.1 Å². The minimum Gasteiger partial charge on any atom is -0.480 e. The van der Waals surface area contributed by atoms with Crippen LogP contribution in [0.3, 0.4) is 0 Å². The molecule has 0 heterocycles. The highest BCUT2D eigenvalue weighted by Gasteiger charge is 2.22. The highest BCUT2D eigenvalue weighted by Crippen LogP contribution is 2.28. The van der Waals surface area contributed by atoms with E-state index >= 15 is 0 Å². The molecule has 9 heteroatoms. The van der Waals surface area contributed by atoms with Crippen molar-refractivity contribution in [2.24, 2.45) is 0 Å². The van der Waals surface area contributed by atoms with Gasteiger partial charge in [0.15, 0.2) is 6.04 Å². The summed E-state index contributed by atoms with van der Waals surface area (Å²) in [5, 5.41) is 21.4. The third kappa shape index (κ3) is 3.67. The number of alkyl halides is 1. The topological polar surface area (TPSA) is 110 Å². The van der Waals surface area contributed by atoms with E-state index in [1.54, 1.807) is 6.26 Å². The first-order valence-corrected chi connectivity index (χ1v) is 6.55. The molecular formula is C11H11FN2O5S. The van der Waals surface area contributed by atoms with E-state index in [4.69, 9.17) is 5.11 Å². The molecule has 1 amide bonds. The van der Waals surface area contributed by atoms with Crippen LogP contribution in [-0.2, 0) is 4.79 Å². The molecule has 1 atom stereocenters. The fourth-order valence-electron chi connectivity index (χ4n) is 1.38. The van der Waals surface area contributed by atoms with Gasteiger partial charge in [-0.1, -0.05) is 0 Å². The summed E-state index contributed by atoms with van der Waals surface area (Å²) in [5.41, 5.74) is -0.369. The lowest BCUT2D eigenvalue weighted by molar-refractivity contribution is -0.387. The number of nitrogens with one attached hydrogen (secondary N) is 1. The zero-order valence-corrected chi connectivity index (χ0v) is 11.1. The van der Waals surface area contributed by atoms with Gasteiger partial charge in [0, 0.05) is 11.6 Å². The Morgan fingerprint density at radius 2 is 2.20 bits per heavy atom.